The summed E-state index contributed by atoms with van der Waals surface area (Å²) in [5.41, 5.74) is 1.01. The van der Waals surface area contributed by atoms with Crippen molar-refractivity contribution >= 4 is 0 Å². The summed E-state index contributed by atoms with van der Waals surface area (Å²) < 4.78 is 5.53. The van der Waals surface area contributed by atoms with Gasteiger partial charge in [-0.2, -0.15) is 0 Å². The van der Waals surface area contributed by atoms with Gasteiger partial charge in [0.05, 0.1) is 12.2 Å². The maximum Gasteiger partial charge on any atom is 0.208 e. The summed E-state index contributed by atoms with van der Waals surface area (Å²) in [4.78, 5) is 4.37. The van der Waals surface area contributed by atoms with Gasteiger partial charge in [-0.1, -0.05) is 19.3 Å². The quantitative estimate of drug-likeness (QED) is 0.830. The number of rotatable bonds is 3. The fourth-order valence-corrected chi connectivity index (χ4v) is 2.15. The summed E-state index contributed by atoms with van der Waals surface area (Å²) >= 11 is 0. The Balaban J connectivity index is 1.81. The van der Waals surface area contributed by atoms with Crippen LogP contribution in [0.2, 0.25) is 0 Å². The average molecular weight is 208 g/mol. The summed E-state index contributed by atoms with van der Waals surface area (Å²) in [6, 6.07) is 0.672. The van der Waals surface area contributed by atoms with Crippen molar-refractivity contribution in [1.29, 1.82) is 0 Å². The number of oxazole rings is 1. The lowest BCUT2D eigenvalue weighted by atomic mass is 9.95. The Kier molecular flexibility index (Phi) is 3.41. The summed E-state index contributed by atoms with van der Waals surface area (Å²) in [6.07, 6.45) is 6.73. The highest BCUT2D eigenvalue weighted by molar-refractivity contribution is 5.05. The minimum Gasteiger partial charge on any atom is -0.444 e. The van der Waals surface area contributed by atoms with Gasteiger partial charge in [-0.25, -0.2) is 4.98 Å². The van der Waals surface area contributed by atoms with E-state index >= 15 is 0 Å². The molecule has 0 amide bonds. The van der Waals surface area contributed by atoms with Crippen molar-refractivity contribution in [3.05, 3.63) is 17.3 Å². The number of hydrogen-bond donors (Lipinski definition) is 1. The zero-order chi connectivity index (χ0) is 10.7. The van der Waals surface area contributed by atoms with Crippen molar-refractivity contribution in [2.45, 2.75) is 58.5 Å². The van der Waals surface area contributed by atoms with E-state index < -0.39 is 0 Å². The predicted octanol–water partition coefficient (Wildman–Crippen LogP) is 2.71. The van der Waals surface area contributed by atoms with Gasteiger partial charge >= 0.3 is 0 Å². The molecule has 1 fully saturated rings. The van der Waals surface area contributed by atoms with Crippen molar-refractivity contribution < 1.29 is 4.42 Å². The summed E-state index contributed by atoms with van der Waals surface area (Å²) in [6.45, 7) is 4.73. The van der Waals surface area contributed by atoms with E-state index in [2.05, 4.69) is 10.3 Å². The van der Waals surface area contributed by atoms with E-state index in [4.69, 9.17) is 4.42 Å². The van der Waals surface area contributed by atoms with Gasteiger partial charge in [0.15, 0.2) is 0 Å². The summed E-state index contributed by atoms with van der Waals surface area (Å²) in [5.74, 6) is 1.77. The van der Waals surface area contributed by atoms with Crippen LogP contribution in [0.3, 0.4) is 0 Å². The van der Waals surface area contributed by atoms with E-state index in [1.54, 1.807) is 0 Å². The molecule has 1 aromatic heterocycles. The van der Waals surface area contributed by atoms with Crippen LogP contribution < -0.4 is 5.32 Å². The van der Waals surface area contributed by atoms with Gasteiger partial charge in [0.2, 0.25) is 5.89 Å². The first-order valence-corrected chi connectivity index (χ1v) is 5.92. The van der Waals surface area contributed by atoms with Crippen molar-refractivity contribution in [2.24, 2.45) is 0 Å². The van der Waals surface area contributed by atoms with Crippen LogP contribution in [0.15, 0.2) is 4.42 Å². The molecule has 2 rings (SSSR count). The first kappa shape index (κ1) is 10.7. The Hall–Kier alpha value is -0.830. The third-order valence-electron chi connectivity index (χ3n) is 3.22. The Morgan fingerprint density at radius 3 is 2.60 bits per heavy atom. The van der Waals surface area contributed by atoms with Gasteiger partial charge in [0, 0.05) is 6.04 Å². The minimum atomic E-state index is 0.672. The first-order valence-electron chi connectivity index (χ1n) is 5.92. The highest BCUT2D eigenvalue weighted by atomic mass is 16.4. The number of aromatic nitrogens is 1. The molecule has 3 nitrogen and oxygen atoms in total. The van der Waals surface area contributed by atoms with Gasteiger partial charge in [-0.05, 0) is 26.7 Å². The smallest absolute Gasteiger partial charge is 0.208 e. The SMILES string of the molecule is Cc1nc(CNC2CCCCC2)oc1C. The molecule has 0 aromatic carbocycles. The molecule has 3 heteroatoms. The van der Waals surface area contributed by atoms with E-state index in [-0.39, 0.29) is 0 Å². The van der Waals surface area contributed by atoms with E-state index in [0.29, 0.717) is 6.04 Å². The lowest BCUT2D eigenvalue weighted by Gasteiger charge is -2.21. The van der Waals surface area contributed by atoms with Crippen LogP contribution >= 0.6 is 0 Å². The van der Waals surface area contributed by atoms with E-state index in [1.807, 2.05) is 13.8 Å². The molecule has 1 N–H and O–H groups in total. The number of hydrogen-bond acceptors (Lipinski definition) is 3. The van der Waals surface area contributed by atoms with Gasteiger partial charge < -0.3 is 9.73 Å². The second-order valence-corrected chi connectivity index (χ2v) is 4.47. The number of nitrogens with one attached hydrogen (secondary N) is 1. The molecule has 1 saturated carbocycles. The molecule has 0 unspecified atom stereocenters. The molecule has 0 atom stereocenters. The van der Waals surface area contributed by atoms with Crippen molar-refractivity contribution in [3.63, 3.8) is 0 Å². The van der Waals surface area contributed by atoms with Crippen molar-refractivity contribution in [1.82, 2.24) is 10.3 Å². The van der Waals surface area contributed by atoms with E-state index in [9.17, 15) is 0 Å². The predicted molar refractivity (Wildman–Crippen MR) is 59.7 cm³/mol. The van der Waals surface area contributed by atoms with Gasteiger partial charge in [-0.3, -0.25) is 0 Å². The number of aryl methyl sites for hydroxylation is 2. The van der Waals surface area contributed by atoms with Crippen LogP contribution in [-0.4, -0.2) is 11.0 Å². The third kappa shape index (κ3) is 2.81. The Morgan fingerprint density at radius 1 is 1.27 bits per heavy atom. The topological polar surface area (TPSA) is 38.1 Å². The molecule has 0 spiro atoms. The maximum atomic E-state index is 5.53. The highest BCUT2D eigenvalue weighted by Crippen LogP contribution is 2.18. The summed E-state index contributed by atoms with van der Waals surface area (Å²) in [5, 5.41) is 3.52. The monoisotopic (exact) mass is 208 g/mol. The number of nitrogens with zero attached hydrogens (tertiary/aromatic N) is 1. The van der Waals surface area contributed by atoms with Crippen LogP contribution in [-0.2, 0) is 6.54 Å². The zero-order valence-corrected chi connectivity index (χ0v) is 9.68. The standard InChI is InChI=1S/C12H20N2O/c1-9-10(2)15-12(14-9)8-13-11-6-4-3-5-7-11/h11,13H,3-8H2,1-2H3. The molecule has 0 saturated heterocycles. The molecular formula is C12H20N2O. The molecule has 1 heterocycles. The van der Waals surface area contributed by atoms with Crippen LogP contribution in [0.25, 0.3) is 0 Å². The van der Waals surface area contributed by atoms with Gasteiger partial charge in [0.25, 0.3) is 0 Å². The Morgan fingerprint density at radius 2 is 2.00 bits per heavy atom. The zero-order valence-electron chi connectivity index (χ0n) is 9.68. The lowest BCUT2D eigenvalue weighted by molar-refractivity contribution is 0.350. The van der Waals surface area contributed by atoms with Crippen LogP contribution in [0, 0.1) is 13.8 Å². The summed E-state index contributed by atoms with van der Waals surface area (Å²) in [7, 11) is 0. The fraction of sp³-hybridized carbons (Fsp3) is 0.750. The second-order valence-electron chi connectivity index (χ2n) is 4.47. The van der Waals surface area contributed by atoms with Crippen molar-refractivity contribution in [3.8, 4) is 0 Å². The molecule has 0 bridgehead atoms. The molecule has 15 heavy (non-hydrogen) atoms. The average Bonchev–Trinajstić information content (AvgIpc) is 2.57. The molecular weight excluding hydrogens is 188 g/mol. The maximum absolute atomic E-state index is 5.53. The largest absolute Gasteiger partial charge is 0.444 e. The normalized spacial score (nSPS) is 18.3. The second kappa shape index (κ2) is 4.79. The van der Waals surface area contributed by atoms with Crippen LogP contribution in [0.5, 0.6) is 0 Å². The molecule has 0 aliphatic heterocycles. The molecule has 0 radical (unpaired) electrons. The van der Waals surface area contributed by atoms with Crippen molar-refractivity contribution in [2.75, 3.05) is 0 Å². The van der Waals surface area contributed by atoms with Crippen LogP contribution in [0.1, 0.15) is 49.4 Å². The van der Waals surface area contributed by atoms with Gasteiger partial charge in [0.1, 0.15) is 5.76 Å². The Labute approximate surface area is 91.3 Å². The third-order valence-corrected chi connectivity index (χ3v) is 3.22. The lowest BCUT2D eigenvalue weighted by Crippen LogP contribution is -2.30. The first-order chi connectivity index (χ1) is 7.25. The molecule has 84 valence electrons. The Bertz CT molecular complexity index is 294. The van der Waals surface area contributed by atoms with Crippen LogP contribution in [0.4, 0.5) is 0 Å². The highest BCUT2D eigenvalue weighted by Gasteiger charge is 2.13. The molecule has 1 aliphatic rings. The minimum absolute atomic E-state index is 0.672. The molecule has 1 aromatic rings. The van der Waals surface area contributed by atoms with E-state index in [0.717, 1.165) is 23.9 Å². The fourth-order valence-electron chi connectivity index (χ4n) is 2.15. The molecule has 1 aliphatic carbocycles. The van der Waals surface area contributed by atoms with E-state index in [1.165, 1.54) is 32.1 Å². The van der Waals surface area contributed by atoms with Gasteiger partial charge in [-0.15, -0.1) is 0 Å².